The molecule has 0 bridgehead atoms. The van der Waals surface area contributed by atoms with Gasteiger partial charge in [0, 0.05) is 6.08 Å². The molecule has 8 heteroatoms. The molecule has 0 radical (unpaired) electrons. The highest BCUT2D eigenvalue weighted by Gasteiger charge is 2.36. The standard InChI is InChI=1S/C17H14F6O2/c1-10(6-15(24)25)4-3-5-11(2)12-7-13(16(18,19)20)9-14(8-12)17(21,22)23/h3-9H,1-2H3,(H,24,25). The minimum atomic E-state index is -4.91. The van der Waals surface area contributed by atoms with Crippen LogP contribution in [0.1, 0.15) is 30.5 Å². The Labute approximate surface area is 139 Å². The Hall–Kier alpha value is -2.51. The zero-order chi connectivity index (χ0) is 19.4. The molecule has 1 aromatic carbocycles. The molecule has 1 N–H and O–H groups in total. The van der Waals surface area contributed by atoms with Gasteiger partial charge < -0.3 is 5.11 Å². The number of alkyl halides is 6. The summed E-state index contributed by atoms with van der Waals surface area (Å²) in [5.41, 5.74) is -2.49. The molecular weight excluding hydrogens is 350 g/mol. The second kappa shape index (κ2) is 7.58. The highest BCUT2D eigenvalue weighted by molar-refractivity contribution is 5.81. The van der Waals surface area contributed by atoms with E-state index < -0.39 is 29.4 Å². The van der Waals surface area contributed by atoms with Crippen molar-refractivity contribution in [3.05, 3.63) is 64.8 Å². The molecule has 0 heterocycles. The van der Waals surface area contributed by atoms with E-state index in [1.807, 2.05) is 0 Å². The molecular formula is C17H14F6O2. The molecule has 1 rings (SSSR count). The number of carbonyl (C=O) groups is 1. The van der Waals surface area contributed by atoms with Crippen LogP contribution in [0.5, 0.6) is 0 Å². The van der Waals surface area contributed by atoms with Crippen LogP contribution in [0.3, 0.4) is 0 Å². The fourth-order valence-electron chi connectivity index (χ4n) is 1.87. The Morgan fingerprint density at radius 3 is 1.84 bits per heavy atom. The number of carboxylic acid groups (broad SMARTS) is 1. The maximum atomic E-state index is 12.8. The van der Waals surface area contributed by atoms with E-state index in [-0.39, 0.29) is 17.2 Å². The Balaban J connectivity index is 3.29. The Kier molecular flexibility index (Phi) is 6.23. The first-order valence-electron chi connectivity index (χ1n) is 6.87. The third-order valence-electron chi connectivity index (χ3n) is 3.10. The molecule has 0 aliphatic carbocycles. The number of allylic oxidation sites excluding steroid dienone is 5. The summed E-state index contributed by atoms with van der Waals surface area (Å²) in [5, 5.41) is 8.55. The van der Waals surface area contributed by atoms with Gasteiger partial charge in [0.15, 0.2) is 0 Å². The average Bonchev–Trinajstić information content (AvgIpc) is 2.44. The molecule has 2 nitrogen and oxygen atoms in total. The first kappa shape index (κ1) is 20.5. The van der Waals surface area contributed by atoms with Crippen LogP contribution in [0.4, 0.5) is 26.3 Å². The molecule has 0 saturated heterocycles. The fraction of sp³-hybridized carbons (Fsp3) is 0.235. The lowest BCUT2D eigenvalue weighted by Crippen LogP contribution is -2.11. The van der Waals surface area contributed by atoms with Crippen LogP contribution in [-0.2, 0) is 17.1 Å². The molecule has 0 aromatic heterocycles. The van der Waals surface area contributed by atoms with Gasteiger partial charge in [0.25, 0.3) is 0 Å². The smallest absolute Gasteiger partial charge is 0.416 e. The van der Waals surface area contributed by atoms with Crippen molar-refractivity contribution in [1.82, 2.24) is 0 Å². The molecule has 0 aliphatic rings. The summed E-state index contributed by atoms with van der Waals surface area (Å²) in [6.45, 7) is 2.84. The minimum Gasteiger partial charge on any atom is -0.478 e. The van der Waals surface area contributed by atoms with Crippen molar-refractivity contribution in [3.63, 3.8) is 0 Å². The van der Waals surface area contributed by atoms with Gasteiger partial charge in [-0.1, -0.05) is 18.2 Å². The van der Waals surface area contributed by atoms with E-state index in [0.29, 0.717) is 17.7 Å². The monoisotopic (exact) mass is 364 g/mol. The van der Waals surface area contributed by atoms with Crippen LogP contribution in [0.25, 0.3) is 5.57 Å². The Morgan fingerprint density at radius 2 is 1.44 bits per heavy atom. The molecule has 0 unspecified atom stereocenters. The molecule has 25 heavy (non-hydrogen) atoms. The summed E-state index contributed by atoms with van der Waals surface area (Å²) in [7, 11) is 0. The molecule has 136 valence electrons. The molecule has 1 aromatic rings. The van der Waals surface area contributed by atoms with Crippen molar-refractivity contribution in [2.45, 2.75) is 26.2 Å². The van der Waals surface area contributed by atoms with E-state index in [0.717, 1.165) is 6.08 Å². The van der Waals surface area contributed by atoms with Gasteiger partial charge in [-0.2, -0.15) is 26.3 Å². The van der Waals surface area contributed by atoms with Crippen molar-refractivity contribution in [2.24, 2.45) is 0 Å². The first-order valence-corrected chi connectivity index (χ1v) is 6.87. The van der Waals surface area contributed by atoms with Crippen molar-refractivity contribution in [3.8, 4) is 0 Å². The largest absolute Gasteiger partial charge is 0.478 e. The van der Waals surface area contributed by atoms with E-state index in [4.69, 9.17) is 5.11 Å². The molecule has 0 atom stereocenters. The van der Waals surface area contributed by atoms with Crippen molar-refractivity contribution in [1.29, 1.82) is 0 Å². The van der Waals surface area contributed by atoms with Crippen LogP contribution in [0.2, 0.25) is 0 Å². The van der Waals surface area contributed by atoms with E-state index in [1.54, 1.807) is 0 Å². The molecule has 0 fully saturated rings. The maximum absolute atomic E-state index is 12.8. The summed E-state index contributed by atoms with van der Waals surface area (Å²) in [6, 6.07) is 1.33. The number of carboxylic acids is 1. The number of benzene rings is 1. The van der Waals surface area contributed by atoms with Gasteiger partial charge in [-0.25, -0.2) is 4.79 Å². The average molecular weight is 364 g/mol. The molecule has 0 aliphatic heterocycles. The highest BCUT2D eigenvalue weighted by atomic mass is 19.4. The second-order valence-electron chi connectivity index (χ2n) is 5.23. The van der Waals surface area contributed by atoms with Crippen molar-refractivity contribution >= 4 is 11.5 Å². The van der Waals surface area contributed by atoms with Gasteiger partial charge in [0.05, 0.1) is 11.1 Å². The van der Waals surface area contributed by atoms with E-state index in [1.165, 1.54) is 32.1 Å². The highest BCUT2D eigenvalue weighted by Crippen LogP contribution is 2.37. The SMILES string of the molecule is CC(C=CC=C(C)c1cc(C(F)(F)F)cc(C(F)(F)F)c1)=CC(=O)O. The van der Waals surface area contributed by atoms with Gasteiger partial charge in [-0.05, 0) is 48.8 Å². The van der Waals surface area contributed by atoms with E-state index in [2.05, 4.69) is 0 Å². The van der Waals surface area contributed by atoms with Gasteiger partial charge in [0.1, 0.15) is 0 Å². The predicted molar refractivity (Wildman–Crippen MR) is 80.6 cm³/mol. The van der Waals surface area contributed by atoms with Crippen molar-refractivity contribution in [2.75, 3.05) is 0 Å². The van der Waals surface area contributed by atoms with Crippen LogP contribution < -0.4 is 0 Å². The van der Waals surface area contributed by atoms with Crippen LogP contribution in [-0.4, -0.2) is 11.1 Å². The minimum absolute atomic E-state index is 0.0619. The molecule has 0 amide bonds. The number of aliphatic carboxylic acids is 1. The zero-order valence-electron chi connectivity index (χ0n) is 13.2. The van der Waals surface area contributed by atoms with Crippen LogP contribution in [0.15, 0.2) is 48.1 Å². The van der Waals surface area contributed by atoms with Crippen LogP contribution in [0, 0.1) is 0 Å². The summed E-state index contributed by atoms with van der Waals surface area (Å²) in [4.78, 5) is 10.5. The van der Waals surface area contributed by atoms with E-state index in [9.17, 15) is 31.1 Å². The third-order valence-corrected chi connectivity index (χ3v) is 3.10. The number of halogens is 6. The van der Waals surface area contributed by atoms with Gasteiger partial charge in [-0.3, -0.25) is 0 Å². The predicted octanol–water partition coefficient (Wildman–Crippen LogP) is 5.71. The summed E-state index contributed by atoms with van der Waals surface area (Å²) >= 11 is 0. The summed E-state index contributed by atoms with van der Waals surface area (Å²) in [6.07, 6.45) is -4.89. The lowest BCUT2D eigenvalue weighted by Gasteiger charge is -2.14. The van der Waals surface area contributed by atoms with Gasteiger partial charge >= 0.3 is 18.3 Å². The lowest BCUT2D eigenvalue weighted by atomic mass is 9.99. The number of hydrogen-bond acceptors (Lipinski definition) is 1. The van der Waals surface area contributed by atoms with Gasteiger partial charge in [-0.15, -0.1) is 0 Å². The third kappa shape index (κ3) is 6.48. The quantitative estimate of drug-likeness (QED) is 0.422. The number of hydrogen-bond donors (Lipinski definition) is 1. The topological polar surface area (TPSA) is 37.3 Å². The normalized spacial score (nSPS) is 14.2. The Bertz CT molecular complexity index is 704. The maximum Gasteiger partial charge on any atom is 0.416 e. The second-order valence-corrected chi connectivity index (χ2v) is 5.23. The Morgan fingerprint density at radius 1 is 0.960 bits per heavy atom. The molecule has 0 saturated carbocycles. The fourth-order valence-corrected chi connectivity index (χ4v) is 1.87. The molecule has 0 spiro atoms. The summed E-state index contributed by atoms with van der Waals surface area (Å²) in [5.74, 6) is -1.17. The zero-order valence-corrected chi connectivity index (χ0v) is 13.2. The van der Waals surface area contributed by atoms with Crippen LogP contribution >= 0.6 is 0 Å². The summed E-state index contributed by atoms with van der Waals surface area (Å²) < 4.78 is 76.9. The lowest BCUT2D eigenvalue weighted by molar-refractivity contribution is -0.143. The van der Waals surface area contributed by atoms with Crippen molar-refractivity contribution < 1.29 is 36.2 Å². The first-order chi connectivity index (χ1) is 11.3. The number of rotatable bonds is 4. The van der Waals surface area contributed by atoms with E-state index >= 15 is 0 Å². The van der Waals surface area contributed by atoms with Gasteiger partial charge in [0.2, 0.25) is 0 Å².